The topological polar surface area (TPSA) is 12.0 Å². The smallest absolute Gasteiger partial charge is 0.0144 e. The van der Waals surface area contributed by atoms with E-state index in [4.69, 9.17) is 0 Å². The molecule has 0 saturated heterocycles. The molecule has 0 aromatic heterocycles. The summed E-state index contributed by atoms with van der Waals surface area (Å²) in [6, 6.07) is 0.786. The van der Waals surface area contributed by atoms with Crippen LogP contribution in [0.15, 0.2) is 10.2 Å². The molecule has 70 valence electrons. The average molecular weight is 279 g/mol. The van der Waals surface area contributed by atoms with E-state index < -0.39 is 0 Å². The van der Waals surface area contributed by atoms with Crippen LogP contribution in [0.5, 0.6) is 0 Å². The van der Waals surface area contributed by atoms with Gasteiger partial charge in [-0.15, -0.1) is 0 Å². The van der Waals surface area contributed by atoms with Crippen LogP contribution in [0.25, 0.3) is 0 Å². The molecule has 0 aliphatic heterocycles. The van der Waals surface area contributed by atoms with Crippen molar-refractivity contribution >= 4 is 22.6 Å². The maximum Gasteiger partial charge on any atom is 0.0144 e. The molecule has 0 aromatic rings. The van der Waals surface area contributed by atoms with Gasteiger partial charge in [0.1, 0.15) is 0 Å². The summed E-state index contributed by atoms with van der Waals surface area (Å²) in [5.74, 6) is 0.961. The normalized spacial score (nSPS) is 31.2. The van der Waals surface area contributed by atoms with Gasteiger partial charge in [-0.05, 0) is 35.7 Å². The third-order valence-corrected chi connectivity index (χ3v) is 3.14. The first-order chi connectivity index (χ1) is 5.83. The number of hydrogen-bond donors (Lipinski definition) is 1. The van der Waals surface area contributed by atoms with E-state index >= 15 is 0 Å². The highest BCUT2D eigenvalue weighted by molar-refractivity contribution is 14.1. The van der Waals surface area contributed by atoms with Gasteiger partial charge in [-0.25, -0.2) is 0 Å². The minimum atomic E-state index is 0.786. The van der Waals surface area contributed by atoms with E-state index in [-0.39, 0.29) is 0 Å². The van der Waals surface area contributed by atoms with Gasteiger partial charge < -0.3 is 5.32 Å². The monoisotopic (exact) mass is 279 g/mol. The predicted octanol–water partition coefficient (Wildman–Crippen LogP) is 3.10. The van der Waals surface area contributed by atoms with Crippen molar-refractivity contribution in [2.45, 2.75) is 38.6 Å². The van der Waals surface area contributed by atoms with Crippen LogP contribution < -0.4 is 5.32 Å². The zero-order valence-corrected chi connectivity index (χ0v) is 9.88. The zero-order chi connectivity index (χ0) is 8.81. The van der Waals surface area contributed by atoms with Crippen LogP contribution in [0.4, 0.5) is 0 Å². The summed E-state index contributed by atoms with van der Waals surface area (Å²) in [5.41, 5.74) is 0. The highest BCUT2D eigenvalue weighted by Gasteiger charge is 2.16. The van der Waals surface area contributed by atoms with E-state index in [9.17, 15) is 0 Å². The van der Waals surface area contributed by atoms with Crippen LogP contribution in [-0.4, -0.2) is 12.6 Å². The second-order valence-corrected chi connectivity index (χ2v) is 4.45. The summed E-state index contributed by atoms with van der Waals surface area (Å²) >= 11 is 2.26. The fourth-order valence-corrected chi connectivity index (χ4v) is 2.00. The van der Waals surface area contributed by atoms with Crippen molar-refractivity contribution in [2.75, 3.05) is 6.54 Å². The van der Waals surface area contributed by atoms with Gasteiger partial charge in [0, 0.05) is 12.6 Å². The molecule has 12 heavy (non-hydrogen) atoms. The van der Waals surface area contributed by atoms with E-state index in [0.29, 0.717) is 0 Å². The molecule has 1 aliphatic carbocycles. The van der Waals surface area contributed by atoms with Crippen molar-refractivity contribution in [3.05, 3.63) is 10.2 Å². The lowest BCUT2D eigenvalue weighted by Gasteiger charge is -2.26. The standard InChI is InChI=1S/C10H18IN/c1-9-3-5-10(6-4-9)12-8-2-7-11/h2,7,9-10,12H,3-6,8H2,1H3/b7-2-. The molecule has 1 fully saturated rings. The van der Waals surface area contributed by atoms with Gasteiger partial charge in [0.25, 0.3) is 0 Å². The second kappa shape index (κ2) is 5.97. The molecule has 1 rings (SSSR count). The third-order valence-electron chi connectivity index (χ3n) is 2.63. The quantitative estimate of drug-likeness (QED) is 0.783. The predicted molar refractivity (Wildman–Crippen MR) is 62.6 cm³/mol. The maximum atomic E-state index is 3.55. The molecule has 0 heterocycles. The van der Waals surface area contributed by atoms with Crippen molar-refractivity contribution in [2.24, 2.45) is 5.92 Å². The minimum Gasteiger partial charge on any atom is -0.311 e. The van der Waals surface area contributed by atoms with E-state index in [1.165, 1.54) is 25.7 Å². The molecule has 2 heteroatoms. The maximum absolute atomic E-state index is 3.55. The highest BCUT2D eigenvalue weighted by Crippen LogP contribution is 2.23. The Morgan fingerprint density at radius 1 is 1.33 bits per heavy atom. The van der Waals surface area contributed by atoms with Gasteiger partial charge in [-0.1, -0.05) is 35.6 Å². The van der Waals surface area contributed by atoms with Gasteiger partial charge in [0.05, 0.1) is 0 Å². The molecule has 1 saturated carbocycles. The Bertz CT molecular complexity index is 137. The molecular formula is C10H18IN. The summed E-state index contributed by atoms with van der Waals surface area (Å²) in [5, 5.41) is 3.55. The summed E-state index contributed by atoms with van der Waals surface area (Å²) in [6.07, 6.45) is 7.74. The molecule has 0 amide bonds. The van der Waals surface area contributed by atoms with Crippen molar-refractivity contribution in [1.82, 2.24) is 5.32 Å². The first kappa shape index (κ1) is 10.5. The van der Waals surface area contributed by atoms with Gasteiger partial charge in [-0.3, -0.25) is 0 Å². The lowest BCUT2D eigenvalue weighted by Crippen LogP contribution is -2.32. The van der Waals surface area contributed by atoms with Gasteiger partial charge >= 0.3 is 0 Å². The minimum absolute atomic E-state index is 0.786. The SMILES string of the molecule is CC1CCC(NC/C=C\I)CC1. The van der Waals surface area contributed by atoms with Gasteiger partial charge in [-0.2, -0.15) is 0 Å². The Morgan fingerprint density at radius 3 is 2.58 bits per heavy atom. The molecule has 1 nitrogen and oxygen atoms in total. The number of halogens is 1. The van der Waals surface area contributed by atoms with Gasteiger partial charge in [0.15, 0.2) is 0 Å². The number of nitrogens with one attached hydrogen (secondary N) is 1. The van der Waals surface area contributed by atoms with Crippen LogP contribution in [0.1, 0.15) is 32.6 Å². The summed E-state index contributed by atoms with van der Waals surface area (Å²) in [4.78, 5) is 0. The molecule has 1 N–H and O–H groups in total. The van der Waals surface area contributed by atoms with Crippen molar-refractivity contribution in [1.29, 1.82) is 0 Å². The van der Waals surface area contributed by atoms with Crippen LogP contribution in [-0.2, 0) is 0 Å². The summed E-state index contributed by atoms with van der Waals surface area (Å²) < 4.78 is 2.08. The van der Waals surface area contributed by atoms with E-state index in [0.717, 1.165) is 18.5 Å². The molecule has 0 radical (unpaired) electrons. The first-order valence-corrected chi connectivity index (χ1v) is 6.06. The Kier molecular flexibility index (Phi) is 5.23. The molecular weight excluding hydrogens is 261 g/mol. The Hall–Kier alpha value is 0.430. The van der Waals surface area contributed by atoms with Crippen LogP contribution >= 0.6 is 22.6 Å². The fourth-order valence-electron chi connectivity index (χ4n) is 1.74. The van der Waals surface area contributed by atoms with Crippen molar-refractivity contribution in [3.8, 4) is 0 Å². The lowest BCUT2D eigenvalue weighted by atomic mass is 9.87. The first-order valence-electron chi connectivity index (χ1n) is 4.81. The van der Waals surface area contributed by atoms with Crippen LogP contribution in [0.3, 0.4) is 0 Å². The lowest BCUT2D eigenvalue weighted by molar-refractivity contribution is 0.314. The Morgan fingerprint density at radius 2 is 2.00 bits per heavy atom. The summed E-state index contributed by atoms with van der Waals surface area (Å²) in [7, 11) is 0. The van der Waals surface area contributed by atoms with Gasteiger partial charge in [0.2, 0.25) is 0 Å². The Balaban J connectivity index is 2.09. The third kappa shape index (κ3) is 3.90. The molecule has 0 unspecified atom stereocenters. The van der Waals surface area contributed by atoms with E-state index in [1.807, 2.05) is 0 Å². The molecule has 1 aliphatic rings. The second-order valence-electron chi connectivity index (χ2n) is 3.73. The fraction of sp³-hybridized carbons (Fsp3) is 0.800. The molecule has 0 atom stereocenters. The summed E-state index contributed by atoms with van der Waals surface area (Å²) in [6.45, 7) is 3.41. The van der Waals surface area contributed by atoms with Crippen LogP contribution in [0.2, 0.25) is 0 Å². The van der Waals surface area contributed by atoms with Crippen molar-refractivity contribution < 1.29 is 0 Å². The zero-order valence-electron chi connectivity index (χ0n) is 7.72. The van der Waals surface area contributed by atoms with Crippen LogP contribution in [0, 0.1) is 5.92 Å². The Labute approximate surface area is 89.1 Å². The molecule has 0 aromatic carbocycles. The molecule has 0 bridgehead atoms. The molecule has 0 spiro atoms. The number of hydrogen-bond acceptors (Lipinski definition) is 1. The van der Waals surface area contributed by atoms with Crippen molar-refractivity contribution in [3.63, 3.8) is 0 Å². The average Bonchev–Trinajstić information content (AvgIpc) is 2.09. The van der Waals surface area contributed by atoms with E-state index in [2.05, 4.69) is 45.0 Å². The number of rotatable bonds is 3. The largest absolute Gasteiger partial charge is 0.311 e. The van der Waals surface area contributed by atoms with E-state index in [1.54, 1.807) is 0 Å². The highest BCUT2D eigenvalue weighted by atomic mass is 127.